The van der Waals surface area contributed by atoms with Gasteiger partial charge >= 0.3 is 0 Å². The molecule has 0 spiro atoms. The molecule has 4 nitrogen and oxygen atoms in total. The van der Waals surface area contributed by atoms with E-state index in [2.05, 4.69) is 150 Å². The Labute approximate surface area is 295 Å². The van der Waals surface area contributed by atoms with Crippen molar-refractivity contribution in [1.82, 2.24) is 19.5 Å². The van der Waals surface area contributed by atoms with Crippen LogP contribution in [0.25, 0.3) is 94.3 Å². The van der Waals surface area contributed by atoms with Crippen molar-refractivity contribution in [3.8, 4) is 51.0 Å². The van der Waals surface area contributed by atoms with Gasteiger partial charge in [-0.3, -0.25) is 4.57 Å². The zero-order chi connectivity index (χ0) is 33.7. The summed E-state index contributed by atoms with van der Waals surface area (Å²) in [7, 11) is 0. The van der Waals surface area contributed by atoms with Crippen molar-refractivity contribution in [3.05, 3.63) is 182 Å². The van der Waals surface area contributed by atoms with Gasteiger partial charge in [-0.25, -0.2) is 4.98 Å². The molecule has 0 aliphatic rings. The lowest BCUT2D eigenvalue weighted by Crippen LogP contribution is -2.07. The van der Waals surface area contributed by atoms with Crippen LogP contribution in [0.5, 0.6) is 0 Å². The van der Waals surface area contributed by atoms with E-state index < -0.39 is 0 Å². The van der Waals surface area contributed by atoms with Gasteiger partial charge in [0, 0.05) is 32.7 Å². The molecule has 0 radical (unpaired) electrons. The van der Waals surface area contributed by atoms with Crippen LogP contribution in [0, 0.1) is 0 Å². The average Bonchev–Trinajstić information content (AvgIpc) is 3.57. The minimum atomic E-state index is 0.581. The number of hydrogen-bond donors (Lipinski definition) is 0. The lowest BCUT2D eigenvalue weighted by Gasteiger charge is -2.14. The van der Waals surface area contributed by atoms with Crippen LogP contribution in [-0.2, 0) is 0 Å². The number of fused-ring (bicyclic) bond motifs is 7. The fourth-order valence-corrected chi connectivity index (χ4v) is 7.55. The van der Waals surface area contributed by atoms with E-state index in [-0.39, 0.29) is 0 Å². The lowest BCUT2D eigenvalue weighted by molar-refractivity contribution is 0.957. The molecule has 0 saturated heterocycles. The van der Waals surface area contributed by atoms with E-state index in [0.717, 1.165) is 43.7 Å². The largest absolute Gasteiger partial charge is 0.277 e. The molecule has 0 amide bonds. The molecule has 0 atom stereocenters. The van der Waals surface area contributed by atoms with Crippen LogP contribution in [0.15, 0.2) is 182 Å². The molecule has 238 valence electrons. The molecule has 2 heterocycles. The minimum absolute atomic E-state index is 0.581. The number of nitrogens with zero attached hydrogens (tertiary/aromatic N) is 4. The first-order valence-electron chi connectivity index (χ1n) is 17.2. The molecule has 51 heavy (non-hydrogen) atoms. The predicted octanol–water partition coefficient (Wildman–Crippen LogP) is 11.9. The SMILES string of the molecule is c1ccc(-c2nc(-c3ccccc3)nc(-n3c4c5cccc(-c6ccccc6)c5ccc4c4ccc5c(-c6ccccc6)cccc5c43)n2)cc1. The fourth-order valence-electron chi connectivity index (χ4n) is 7.55. The zero-order valence-electron chi connectivity index (χ0n) is 27.6. The number of benzene rings is 8. The van der Waals surface area contributed by atoms with Crippen molar-refractivity contribution in [2.45, 2.75) is 0 Å². The van der Waals surface area contributed by atoms with Crippen LogP contribution in [0.3, 0.4) is 0 Å². The molecular weight excluding hydrogens is 621 g/mol. The summed E-state index contributed by atoms with van der Waals surface area (Å²) in [6, 6.07) is 63.9. The Morgan fingerprint density at radius 3 is 1.04 bits per heavy atom. The van der Waals surface area contributed by atoms with Gasteiger partial charge in [0.15, 0.2) is 11.6 Å². The summed E-state index contributed by atoms with van der Waals surface area (Å²) in [6.07, 6.45) is 0. The summed E-state index contributed by atoms with van der Waals surface area (Å²) in [6.45, 7) is 0. The highest BCUT2D eigenvalue weighted by atomic mass is 15.2. The molecular formula is C47H30N4. The first-order valence-corrected chi connectivity index (χ1v) is 17.2. The second kappa shape index (κ2) is 11.9. The Bertz CT molecular complexity index is 2690. The molecule has 10 aromatic rings. The molecule has 0 bridgehead atoms. The summed E-state index contributed by atoms with van der Waals surface area (Å²) in [5.74, 6) is 1.84. The van der Waals surface area contributed by atoms with Crippen LogP contribution in [0.1, 0.15) is 0 Å². The van der Waals surface area contributed by atoms with Gasteiger partial charge in [-0.2, -0.15) is 9.97 Å². The van der Waals surface area contributed by atoms with Gasteiger partial charge in [-0.1, -0.05) is 182 Å². The van der Waals surface area contributed by atoms with Crippen LogP contribution in [0.4, 0.5) is 0 Å². The number of rotatable bonds is 5. The fraction of sp³-hybridized carbons (Fsp3) is 0. The molecule has 0 fully saturated rings. The summed E-state index contributed by atoms with van der Waals surface area (Å²) in [5.41, 5.74) is 8.76. The maximum atomic E-state index is 5.29. The molecule has 0 aliphatic heterocycles. The standard InChI is InChI=1S/C47H30N4/c1-5-15-31(16-6-1)35-23-13-25-39-37(35)27-29-41-42-30-28-38-36(32-17-7-2-8-18-32)24-14-26-40(38)44(42)51(43(39)41)47-49-45(33-19-9-3-10-20-33)48-46(50-47)34-21-11-4-12-22-34/h1-30H. The van der Waals surface area contributed by atoms with Gasteiger partial charge in [-0.05, 0) is 33.0 Å². The van der Waals surface area contributed by atoms with Crippen LogP contribution < -0.4 is 0 Å². The topological polar surface area (TPSA) is 43.6 Å². The lowest BCUT2D eigenvalue weighted by atomic mass is 9.95. The van der Waals surface area contributed by atoms with Gasteiger partial charge in [0.1, 0.15) is 0 Å². The highest BCUT2D eigenvalue weighted by molar-refractivity contribution is 6.25. The molecule has 0 N–H and O–H groups in total. The van der Waals surface area contributed by atoms with E-state index in [0.29, 0.717) is 17.6 Å². The van der Waals surface area contributed by atoms with Gasteiger partial charge in [0.05, 0.1) is 11.0 Å². The molecule has 8 aromatic carbocycles. The Kier molecular flexibility index (Phi) is 6.78. The summed E-state index contributed by atoms with van der Waals surface area (Å²) in [4.78, 5) is 15.6. The third-order valence-electron chi connectivity index (χ3n) is 9.86. The first-order chi connectivity index (χ1) is 25.3. The van der Waals surface area contributed by atoms with Crippen molar-refractivity contribution in [3.63, 3.8) is 0 Å². The quantitative estimate of drug-likeness (QED) is 0.186. The Hall–Kier alpha value is -6.91. The zero-order valence-corrected chi connectivity index (χ0v) is 27.6. The van der Waals surface area contributed by atoms with Crippen molar-refractivity contribution >= 4 is 43.4 Å². The summed E-state index contributed by atoms with van der Waals surface area (Å²) < 4.78 is 2.29. The first kappa shape index (κ1) is 29.0. The van der Waals surface area contributed by atoms with Gasteiger partial charge in [0.25, 0.3) is 0 Å². The predicted molar refractivity (Wildman–Crippen MR) is 211 cm³/mol. The average molecular weight is 651 g/mol. The molecule has 10 rings (SSSR count). The summed E-state index contributed by atoms with van der Waals surface area (Å²) >= 11 is 0. The molecule has 0 aliphatic carbocycles. The minimum Gasteiger partial charge on any atom is -0.277 e. The van der Waals surface area contributed by atoms with E-state index in [1.807, 2.05) is 36.4 Å². The number of aromatic nitrogens is 4. The van der Waals surface area contributed by atoms with Gasteiger partial charge in [0.2, 0.25) is 5.95 Å². The van der Waals surface area contributed by atoms with E-state index in [9.17, 15) is 0 Å². The normalized spacial score (nSPS) is 11.5. The van der Waals surface area contributed by atoms with Crippen molar-refractivity contribution < 1.29 is 0 Å². The molecule has 0 unspecified atom stereocenters. The maximum absolute atomic E-state index is 5.29. The second-order valence-electron chi connectivity index (χ2n) is 12.8. The van der Waals surface area contributed by atoms with Gasteiger partial charge in [-0.15, -0.1) is 0 Å². The molecule has 2 aromatic heterocycles. The van der Waals surface area contributed by atoms with Crippen molar-refractivity contribution in [1.29, 1.82) is 0 Å². The van der Waals surface area contributed by atoms with Crippen molar-refractivity contribution in [2.24, 2.45) is 0 Å². The van der Waals surface area contributed by atoms with Crippen molar-refractivity contribution in [2.75, 3.05) is 0 Å². The van der Waals surface area contributed by atoms with E-state index >= 15 is 0 Å². The highest BCUT2D eigenvalue weighted by Crippen LogP contribution is 2.43. The second-order valence-corrected chi connectivity index (χ2v) is 12.8. The van der Waals surface area contributed by atoms with E-state index in [4.69, 9.17) is 15.0 Å². The monoisotopic (exact) mass is 650 g/mol. The van der Waals surface area contributed by atoms with Crippen LogP contribution in [-0.4, -0.2) is 19.5 Å². The van der Waals surface area contributed by atoms with Gasteiger partial charge < -0.3 is 0 Å². The van der Waals surface area contributed by atoms with Crippen LogP contribution in [0.2, 0.25) is 0 Å². The summed E-state index contributed by atoms with van der Waals surface area (Å²) in [5, 5.41) is 6.93. The third kappa shape index (κ3) is 4.80. The number of hydrogen-bond acceptors (Lipinski definition) is 3. The van der Waals surface area contributed by atoms with E-state index in [1.54, 1.807) is 0 Å². The Morgan fingerprint density at radius 2 is 0.627 bits per heavy atom. The maximum Gasteiger partial charge on any atom is 0.238 e. The molecule has 4 heteroatoms. The highest BCUT2D eigenvalue weighted by Gasteiger charge is 2.22. The van der Waals surface area contributed by atoms with Crippen LogP contribution >= 0.6 is 0 Å². The Morgan fingerprint density at radius 1 is 0.275 bits per heavy atom. The Balaban J connectivity index is 1.38. The third-order valence-corrected chi connectivity index (χ3v) is 9.86. The molecule has 0 saturated carbocycles. The smallest absolute Gasteiger partial charge is 0.238 e. The van der Waals surface area contributed by atoms with E-state index in [1.165, 1.54) is 33.0 Å².